The lowest BCUT2D eigenvalue weighted by atomic mass is 9.83. The van der Waals surface area contributed by atoms with Crippen molar-refractivity contribution >= 4 is 5.97 Å². The van der Waals surface area contributed by atoms with Crippen LogP contribution in [-0.4, -0.2) is 30.9 Å². The second kappa shape index (κ2) is 8.95. The SMILES string of the molecule is COc1ccc(F)c(OC2CC(COc3cccc(CC(C)C(=O)O)c3)C2)c1. The summed E-state index contributed by atoms with van der Waals surface area (Å²) in [6.45, 7) is 2.24. The van der Waals surface area contributed by atoms with E-state index in [4.69, 9.17) is 19.3 Å². The molecule has 0 aromatic heterocycles. The zero-order chi connectivity index (χ0) is 20.1. The minimum Gasteiger partial charge on any atom is -0.497 e. The number of hydrogen-bond acceptors (Lipinski definition) is 4. The van der Waals surface area contributed by atoms with E-state index in [0.717, 1.165) is 24.2 Å². The zero-order valence-corrected chi connectivity index (χ0v) is 16.1. The van der Waals surface area contributed by atoms with E-state index in [-0.39, 0.29) is 11.9 Å². The summed E-state index contributed by atoms with van der Waals surface area (Å²) in [6, 6.07) is 12.0. The largest absolute Gasteiger partial charge is 0.497 e. The van der Waals surface area contributed by atoms with Crippen molar-refractivity contribution in [1.29, 1.82) is 0 Å². The van der Waals surface area contributed by atoms with Gasteiger partial charge in [0.25, 0.3) is 0 Å². The van der Waals surface area contributed by atoms with Crippen molar-refractivity contribution < 1.29 is 28.5 Å². The van der Waals surface area contributed by atoms with Crippen LogP contribution in [0.1, 0.15) is 25.3 Å². The number of halogens is 1. The highest BCUT2D eigenvalue weighted by Gasteiger charge is 2.32. The average Bonchev–Trinajstić information content (AvgIpc) is 2.65. The van der Waals surface area contributed by atoms with Crippen LogP contribution < -0.4 is 14.2 Å². The number of rotatable bonds is 9. The van der Waals surface area contributed by atoms with Crippen molar-refractivity contribution in [2.24, 2.45) is 11.8 Å². The molecule has 1 fully saturated rings. The van der Waals surface area contributed by atoms with Crippen molar-refractivity contribution in [3.8, 4) is 17.2 Å². The van der Waals surface area contributed by atoms with Gasteiger partial charge in [-0.05, 0) is 55.0 Å². The topological polar surface area (TPSA) is 65.0 Å². The number of carboxylic acid groups (broad SMARTS) is 1. The van der Waals surface area contributed by atoms with E-state index in [1.54, 1.807) is 19.1 Å². The Bertz CT molecular complexity index is 816. The Balaban J connectivity index is 1.45. The maximum absolute atomic E-state index is 13.8. The maximum Gasteiger partial charge on any atom is 0.306 e. The molecule has 1 unspecified atom stereocenters. The van der Waals surface area contributed by atoms with E-state index in [1.807, 2.05) is 24.3 Å². The second-order valence-electron chi connectivity index (χ2n) is 7.28. The lowest BCUT2D eigenvalue weighted by Crippen LogP contribution is -2.37. The predicted molar refractivity (Wildman–Crippen MR) is 103 cm³/mol. The summed E-state index contributed by atoms with van der Waals surface area (Å²) < 4.78 is 30.5. The van der Waals surface area contributed by atoms with Gasteiger partial charge in [-0.15, -0.1) is 0 Å². The van der Waals surface area contributed by atoms with Crippen LogP contribution in [0.25, 0.3) is 0 Å². The Morgan fingerprint density at radius 1 is 1.21 bits per heavy atom. The molecular weight excluding hydrogens is 363 g/mol. The highest BCUT2D eigenvalue weighted by atomic mass is 19.1. The van der Waals surface area contributed by atoms with Gasteiger partial charge in [0.05, 0.1) is 25.7 Å². The lowest BCUT2D eigenvalue weighted by Gasteiger charge is -2.35. The molecular formula is C22H25FO5. The molecule has 2 aromatic rings. The van der Waals surface area contributed by atoms with E-state index < -0.39 is 17.7 Å². The van der Waals surface area contributed by atoms with Crippen molar-refractivity contribution in [2.45, 2.75) is 32.3 Å². The quantitative estimate of drug-likeness (QED) is 0.693. The summed E-state index contributed by atoms with van der Waals surface area (Å²) in [5.41, 5.74) is 0.940. The van der Waals surface area contributed by atoms with Crippen molar-refractivity contribution in [1.82, 2.24) is 0 Å². The van der Waals surface area contributed by atoms with Crippen LogP contribution in [0.5, 0.6) is 17.2 Å². The normalized spacial score (nSPS) is 19.4. The summed E-state index contributed by atoms with van der Waals surface area (Å²) in [6.07, 6.45) is 2.04. The summed E-state index contributed by atoms with van der Waals surface area (Å²) in [4.78, 5) is 11.0. The highest BCUT2D eigenvalue weighted by molar-refractivity contribution is 5.69. The molecule has 0 amide bonds. The smallest absolute Gasteiger partial charge is 0.306 e. The fraction of sp³-hybridized carbons (Fsp3) is 0.409. The molecule has 1 aliphatic carbocycles. The molecule has 1 saturated carbocycles. The Hall–Kier alpha value is -2.76. The van der Waals surface area contributed by atoms with Gasteiger partial charge in [0.2, 0.25) is 0 Å². The second-order valence-corrected chi connectivity index (χ2v) is 7.28. The number of hydrogen-bond donors (Lipinski definition) is 1. The van der Waals surface area contributed by atoms with Crippen LogP contribution >= 0.6 is 0 Å². The molecule has 1 N–H and O–H groups in total. The van der Waals surface area contributed by atoms with Gasteiger partial charge in [0.15, 0.2) is 11.6 Å². The lowest BCUT2D eigenvalue weighted by molar-refractivity contribution is -0.141. The molecule has 2 aromatic carbocycles. The van der Waals surface area contributed by atoms with Gasteiger partial charge in [-0.25, -0.2) is 4.39 Å². The molecule has 0 saturated heterocycles. The van der Waals surface area contributed by atoms with E-state index in [0.29, 0.717) is 24.7 Å². The Kier molecular flexibility index (Phi) is 6.39. The zero-order valence-electron chi connectivity index (χ0n) is 16.1. The molecule has 0 radical (unpaired) electrons. The number of benzene rings is 2. The van der Waals surface area contributed by atoms with Gasteiger partial charge >= 0.3 is 5.97 Å². The van der Waals surface area contributed by atoms with Crippen LogP contribution in [0.15, 0.2) is 42.5 Å². The van der Waals surface area contributed by atoms with Crippen LogP contribution in [0.4, 0.5) is 4.39 Å². The molecule has 5 nitrogen and oxygen atoms in total. The van der Waals surface area contributed by atoms with E-state index in [1.165, 1.54) is 13.2 Å². The van der Waals surface area contributed by atoms with E-state index >= 15 is 0 Å². The maximum atomic E-state index is 13.8. The third-order valence-electron chi connectivity index (χ3n) is 4.97. The summed E-state index contributed by atoms with van der Waals surface area (Å²) >= 11 is 0. The summed E-state index contributed by atoms with van der Waals surface area (Å²) in [5, 5.41) is 9.03. The van der Waals surface area contributed by atoms with Gasteiger partial charge < -0.3 is 19.3 Å². The number of ether oxygens (including phenoxy) is 3. The van der Waals surface area contributed by atoms with Crippen LogP contribution in [-0.2, 0) is 11.2 Å². The molecule has 0 aliphatic heterocycles. The van der Waals surface area contributed by atoms with Crippen molar-refractivity contribution in [3.05, 3.63) is 53.8 Å². The first-order chi connectivity index (χ1) is 13.4. The third kappa shape index (κ3) is 5.15. The summed E-state index contributed by atoms with van der Waals surface area (Å²) in [7, 11) is 1.53. The molecule has 1 aliphatic rings. The molecule has 28 heavy (non-hydrogen) atoms. The Labute approximate surface area is 164 Å². The van der Waals surface area contributed by atoms with Crippen molar-refractivity contribution in [3.63, 3.8) is 0 Å². The number of aliphatic carboxylic acids is 1. The molecule has 6 heteroatoms. The predicted octanol–water partition coefficient (Wildman–Crippen LogP) is 4.33. The van der Waals surface area contributed by atoms with Gasteiger partial charge in [-0.1, -0.05) is 19.1 Å². The Morgan fingerprint density at radius 2 is 2.00 bits per heavy atom. The first kappa shape index (κ1) is 20.0. The standard InChI is InChI=1S/C22H25FO5/c1-14(22(24)25)8-15-4-3-5-18(9-15)27-13-16-10-19(11-16)28-21-12-17(26-2)6-7-20(21)23/h3-7,9,12,14,16,19H,8,10-11,13H2,1-2H3,(H,24,25). The van der Waals surface area contributed by atoms with Crippen LogP contribution in [0.2, 0.25) is 0 Å². The highest BCUT2D eigenvalue weighted by Crippen LogP contribution is 2.34. The molecule has 3 rings (SSSR count). The summed E-state index contributed by atoms with van der Waals surface area (Å²) in [5.74, 6) is 0.222. The van der Waals surface area contributed by atoms with Gasteiger partial charge in [-0.2, -0.15) is 0 Å². The van der Waals surface area contributed by atoms with Crippen molar-refractivity contribution in [2.75, 3.05) is 13.7 Å². The molecule has 150 valence electrons. The molecule has 0 bridgehead atoms. The fourth-order valence-corrected chi connectivity index (χ4v) is 3.20. The minimum absolute atomic E-state index is 0.0297. The average molecular weight is 388 g/mol. The number of methoxy groups -OCH3 is 1. The number of carbonyl (C=O) groups is 1. The van der Waals surface area contributed by atoms with E-state index in [2.05, 4.69) is 0 Å². The first-order valence-corrected chi connectivity index (χ1v) is 9.39. The monoisotopic (exact) mass is 388 g/mol. The molecule has 1 atom stereocenters. The van der Waals surface area contributed by atoms with Crippen LogP contribution in [0, 0.1) is 17.7 Å². The van der Waals surface area contributed by atoms with Gasteiger partial charge in [0.1, 0.15) is 11.5 Å². The third-order valence-corrected chi connectivity index (χ3v) is 4.97. The first-order valence-electron chi connectivity index (χ1n) is 9.39. The Morgan fingerprint density at radius 3 is 2.71 bits per heavy atom. The van der Waals surface area contributed by atoms with Gasteiger partial charge in [-0.3, -0.25) is 4.79 Å². The number of carboxylic acids is 1. The van der Waals surface area contributed by atoms with Gasteiger partial charge in [0, 0.05) is 6.07 Å². The fourth-order valence-electron chi connectivity index (χ4n) is 3.20. The minimum atomic E-state index is -0.806. The molecule has 0 spiro atoms. The van der Waals surface area contributed by atoms with E-state index in [9.17, 15) is 9.18 Å². The molecule has 0 heterocycles. The van der Waals surface area contributed by atoms with Crippen LogP contribution in [0.3, 0.4) is 0 Å².